The Balaban J connectivity index is 1.56. The Bertz CT molecular complexity index is 721. The largest absolute Gasteiger partial charge is 0.334 e. The van der Waals surface area contributed by atoms with Gasteiger partial charge in [0.15, 0.2) is 5.82 Å². The van der Waals surface area contributed by atoms with Crippen LogP contribution < -0.4 is 0 Å². The summed E-state index contributed by atoms with van der Waals surface area (Å²) in [6.07, 6.45) is 11.4. The van der Waals surface area contributed by atoms with Crippen LogP contribution in [0.2, 0.25) is 0 Å². The first-order valence-electron chi connectivity index (χ1n) is 9.75. The van der Waals surface area contributed by atoms with Crippen LogP contribution in [0.15, 0.2) is 28.8 Å². The van der Waals surface area contributed by atoms with Gasteiger partial charge in [-0.25, -0.2) is 0 Å². The molecular weight excluding hydrogens is 330 g/mol. The molecule has 26 heavy (non-hydrogen) atoms. The number of nitrogens with zero attached hydrogens (tertiary/aromatic N) is 3. The normalized spacial score (nSPS) is 20.2. The van der Waals surface area contributed by atoms with E-state index in [1.54, 1.807) is 12.1 Å². The molecule has 1 saturated carbocycles. The number of non-ortho nitro benzene ring substituents is 1. The van der Waals surface area contributed by atoms with Crippen LogP contribution >= 0.6 is 0 Å². The quantitative estimate of drug-likeness (QED) is 0.334. The van der Waals surface area contributed by atoms with Crippen molar-refractivity contribution in [1.82, 2.24) is 10.1 Å². The minimum absolute atomic E-state index is 0.0332. The van der Waals surface area contributed by atoms with Crippen LogP contribution in [0.1, 0.15) is 76.5 Å². The van der Waals surface area contributed by atoms with Crippen molar-refractivity contribution >= 4 is 5.69 Å². The predicted octanol–water partition coefficient (Wildman–Crippen LogP) is 5.89. The minimum Gasteiger partial charge on any atom is -0.334 e. The summed E-state index contributed by atoms with van der Waals surface area (Å²) in [5.74, 6) is 2.30. The molecule has 0 saturated heterocycles. The van der Waals surface area contributed by atoms with E-state index in [0.29, 0.717) is 17.4 Å². The van der Waals surface area contributed by atoms with Crippen molar-refractivity contribution in [3.8, 4) is 11.5 Å². The Labute approximate surface area is 154 Å². The van der Waals surface area contributed by atoms with E-state index in [0.717, 1.165) is 24.6 Å². The van der Waals surface area contributed by atoms with Crippen LogP contribution in [-0.2, 0) is 0 Å². The Kier molecular flexibility index (Phi) is 6.36. The molecule has 0 aliphatic heterocycles. The first-order valence-corrected chi connectivity index (χ1v) is 9.75. The minimum atomic E-state index is -0.414. The van der Waals surface area contributed by atoms with Crippen LogP contribution in [-0.4, -0.2) is 15.1 Å². The van der Waals surface area contributed by atoms with Gasteiger partial charge in [0.1, 0.15) is 0 Å². The molecule has 1 heterocycles. The number of benzene rings is 1. The van der Waals surface area contributed by atoms with Crippen molar-refractivity contribution in [3.63, 3.8) is 0 Å². The van der Waals surface area contributed by atoms with Crippen molar-refractivity contribution in [3.05, 3.63) is 40.2 Å². The summed E-state index contributed by atoms with van der Waals surface area (Å²) in [5.41, 5.74) is 0.633. The van der Waals surface area contributed by atoms with Crippen LogP contribution in [0.25, 0.3) is 11.5 Å². The van der Waals surface area contributed by atoms with E-state index in [1.165, 1.54) is 57.1 Å². The average Bonchev–Trinajstić information content (AvgIpc) is 3.16. The molecule has 0 atom stereocenters. The molecule has 1 aromatic heterocycles. The van der Waals surface area contributed by atoms with Gasteiger partial charge in [0.2, 0.25) is 0 Å². The van der Waals surface area contributed by atoms with Gasteiger partial charge in [-0.1, -0.05) is 50.3 Å². The van der Waals surface area contributed by atoms with Crippen LogP contribution in [0.5, 0.6) is 0 Å². The summed E-state index contributed by atoms with van der Waals surface area (Å²) in [7, 11) is 0. The monoisotopic (exact) mass is 357 g/mol. The maximum Gasteiger partial charge on any atom is 0.270 e. The highest BCUT2D eigenvalue weighted by molar-refractivity contribution is 5.57. The summed E-state index contributed by atoms with van der Waals surface area (Å²) < 4.78 is 5.37. The number of rotatable bonds is 8. The summed E-state index contributed by atoms with van der Waals surface area (Å²) >= 11 is 0. The van der Waals surface area contributed by atoms with Gasteiger partial charge in [0, 0.05) is 23.6 Å². The summed E-state index contributed by atoms with van der Waals surface area (Å²) in [6.45, 7) is 2.25. The number of unbranched alkanes of at least 4 members (excludes halogenated alkanes) is 3. The molecule has 1 aliphatic rings. The van der Waals surface area contributed by atoms with Crippen LogP contribution in [0.3, 0.4) is 0 Å². The van der Waals surface area contributed by atoms with E-state index in [1.807, 2.05) is 0 Å². The average molecular weight is 357 g/mol. The molecule has 0 N–H and O–H groups in total. The van der Waals surface area contributed by atoms with Crippen molar-refractivity contribution in [2.45, 2.75) is 70.6 Å². The number of aromatic nitrogens is 2. The Morgan fingerprint density at radius 1 is 1.19 bits per heavy atom. The third-order valence-corrected chi connectivity index (χ3v) is 5.42. The van der Waals surface area contributed by atoms with Crippen molar-refractivity contribution < 1.29 is 9.45 Å². The molecule has 0 amide bonds. The molecule has 6 nitrogen and oxygen atoms in total. The van der Waals surface area contributed by atoms with E-state index >= 15 is 0 Å². The Hall–Kier alpha value is -2.24. The molecule has 0 bridgehead atoms. The fraction of sp³-hybridized carbons (Fsp3) is 0.600. The van der Waals surface area contributed by atoms with Gasteiger partial charge in [-0.15, -0.1) is 0 Å². The highest BCUT2D eigenvalue weighted by Crippen LogP contribution is 2.37. The molecule has 0 spiro atoms. The molecule has 2 aromatic rings. The molecule has 140 valence electrons. The molecular formula is C20H27N3O3. The van der Waals surface area contributed by atoms with Gasteiger partial charge >= 0.3 is 0 Å². The summed E-state index contributed by atoms with van der Waals surface area (Å²) in [6, 6.07) is 6.34. The zero-order valence-corrected chi connectivity index (χ0v) is 15.4. The molecule has 1 aliphatic carbocycles. The standard InChI is InChI=1S/C20H27N3O3/c1-2-3-4-5-7-15-10-12-16(13-11-15)19-21-20(26-22-19)17-8-6-9-18(14-17)23(24)25/h6,8-9,14-16H,2-5,7,10-13H2,1H3. The van der Waals surface area contributed by atoms with E-state index < -0.39 is 4.92 Å². The second kappa shape index (κ2) is 8.92. The van der Waals surface area contributed by atoms with Gasteiger partial charge in [-0.2, -0.15) is 4.98 Å². The lowest BCUT2D eigenvalue weighted by molar-refractivity contribution is -0.384. The van der Waals surface area contributed by atoms with Gasteiger partial charge in [0.25, 0.3) is 11.6 Å². The Morgan fingerprint density at radius 3 is 2.73 bits per heavy atom. The SMILES string of the molecule is CCCCCCC1CCC(c2noc(-c3cccc([N+](=O)[O-])c3)n2)CC1. The lowest BCUT2D eigenvalue weighted by atomic mass is 9.79. The second-order valence-electron chi connectivity index (χ2n) is 7.33. The fourth-order valence-corrected chi connectivity index (χ4v) is 3.84. The van der Waals surface area contributed by atoms with Gasteiger partial charge in [0.05, 0.1) is 4.92 Å². The summed E-state index contributed by atoms with van der Waals surface area (Å²) in [4.78, 5) is 15.0. The highest BCUT2D eigenvalue weighted by Gasteiger charge is 2.26. The zero-order valence-electron chi connectivity index (χ0n) is 15.4. The second-order valence-corrected chi connectivity index (χ2v) is 7.33. The number of nitro benzene ring substituents is 1. The number of hydrogen-bond donors (Lipinski definition) is 0. The third kappa shape index (κ3) is 4.68. The highest BCUT2D eigenvalue weighted by atomic mass is 16.6. The van der Waals surface area contributed by atoms with Gasteiger partial charge in [-0.3, -0.25) is 10.1 Å². The molecule has 0 unspecified atom stereocenters. The topological polar surface area (TPSA) is 82.1 Å². The fourth-order valence-electron chi connectivity index (χ4n) is 3.84. The van der Waals surface area contributed by atoms with E-state index in [-0.39, 0.29) is 5.69 Å². The summed E-state index contributed by atoms with van der Waals surface area (Å²) in [5, 5.41) is 15.1. The van der Waals surface area contributed by atoms with Gasteiger partial charge in [-0.05, 0) is 37.7 Å². The van der Waals surface area contributed by atoms with E-state index in [2.05, 4.69) is 17.1 Å². The van der Waals surface area contributed by atoms with Gasteiger partial charge < -0.3 is 4.52 Å². The van der Waals surface area contributed by atoms with Crippen molar-refractivity contribution in [1.29, 1.82) is 0 Å². The van der Waals surface area contributed by atoms with E-state index in [9.17, 15) is 10.1 Å². The number of nitro groups is 1. The van der Waals surface area contributed by atoms with Crippen LogP contribution in [0.4, 0.5) is 5.69 Å². The molecule has 6 heteroatoms. The van der Waals surface area contributed by atoms with E-state index in [4.69, 9.17) is 4.52 Å². The smallest absolute Gasteiger partial charge is 0.270 e. The lowest BCUT2D eigenvalue weighted by Crippen LogP contribution is -2.14. The molecule has 0 radical (unpaired) electrons. The molecule has 3 rings (SSSR count). The van der Waals surface area contributed by atoms with Crippen LogP contribution in [0, 0.1) is 16.0 Å². The lowest BCUT2D eigenvalue weighted by Gasteiger charge is -2.26. The molecule has 1 fully saturated rings. The third-order valence-electron chi connectivity index (χ3n) is 5.42. The maximum absolute atomic E-state index is 10.9. The Morgan fingerprint density at radius 2 is 2.00 bits per heavy atom. The molecule has 1 aromatic carbocycles. The predicted molar refractivity (Wildman–Crippen MR) is 99.8 cm³/mol. The number of hydrogen-bond acceptors (Lipinski definition) is 5. The van der Waals surface area contributed by atoms with Crippen molar-refractivity contribution in [2.24, 2.45) is 5.92 Å². The maximum atomic E-state index is 10.9. The zero-order chi connectivity index (χ0) is 18.4. The first-order chi connectivity index (χ1) is 12.7. The van der Waals surface area contributed by atoms with Crippen molar-refractivity contribution in [2.75, 3.05) is 0 Å². The first kappa shape index (κ1) is 18.5.